The molecule has 2 N–H and O–H groups in total. The third-order valence-electron chi connectivity index (χ3n) is 3.16. The molecule has 0 spiro atoms. The van der Waals surface area contributed by atoms with E-state index in [0.717, 1.165) is 6.07 Å². The summed E-state index contributed by atoms with van der Waals surface area (Å²) in [5.74, 6) is -0.897. The summed E-state index contributed by atoms with van der Waals surface area (Å²) in [5, 5.41) is 0. The smallest absolute Gasteiger partial charge is 0.329 e. The Kier molecular flexibility index (Phi) is 5.31. The molecule has 0 heterocycles. The summed E-state index contributed by atoms with van der Waals surface area (Å²) in [5.41, 5.74) is 4.68. The van der Waals surface area contributed by atoms with Gasteiger partial charge in [-0.15, -0.1) is 0 Å². The number of hydrogen-bond acceptors (Lipinski definition) is 2. The van der Waals surface area contributed by atoms with E-state index in [1.165, 1.54) is 6.07 Å². The van der Waals surface area contributed by atoms with Gasteiger partial charge in [0.05, 0.1) is 5.56 Å². The molecule has 1 unspecified atom stereocenters. The Morgan fingerprint density at radius 3 is 2.21 bits per heavy atom. The second-order valence-electron chi connectivity index (χ2n) is 4.20. The minimum Gasteiger partial charge on any atom is -0.329 e. The van der Waals surface area contributed by atoms with Gasteiger partial charge in [-0.25, -0.2) is 4.39 Å². The number of rotatable bonds is 5. The molecule has 0 bridgehead atoms. The van der Waals surface area contributed by atoms with E-state index < -0.39 is 23.6 Å². The molecule has 1 atom stereocenters. The second-order valence-corrected chi connectivity index (χ2v) is 4.20. The Balaban J connectivity index is 3.31. The minimum atomic E-state index is -4.59. The Hall–Kier alpha value is -1.14. The van der Waals surface area contributed by atoms with Crippen LogP contribution in [0.4, 0.5) is 17.6 Å². The predicted octanol–water partition coefficient (Wildman–Crippen LogP) is 3.19. The van der Waals surface area contributed by atoms with Gasteiger partial charge in [-0.1, -0.05) is 19.9 Å². The van der Waals surface area contributed by atoms with Crippen molar-refractivity contribution in [3.05, 3.63) is 35.1 Å². The van der Waals surface area contributed by atoms with E-state index in [9.17, 15) is 17.6 Å². The van der Waals surface area contributed by atoms with Crippen molar-refractivity contribution >= 4 is 0 Å². The van der Waals surface area contributed by atoms with Crippen molar-refractivity contribution in [2.75, 3.05) is 19.6 Å². The van der Waals surface area contributed by atoms with Gasteiger partial charge in [-0.05, 0) is 30.8 Å². The third-order valence-corrected chi connectivity index (χ3v) is 3.16. The van der Waals surface area contributed by atoms with Gasteiger partial charge < -0.3 is 5.73 Å². The molecule has 0 radical (unpaired) electrons. The lowest BCUT2D eigenvalue weighted by Crippen LogP contribution is -2.34. The number of halogens is 4. The average molecular weight is 278 g/mol. The third kappa shape index (κ3) is 3.67. The van der Waals surface area contributed by atoms with Gasteiger partial charge in [-0.3, -0.25) is 4.90 Å². The van der Waals surface area contributed by atoms with Crippen LogP contribution < -0.4 is 5.73 Å². The van der Waals surface area contributed by atoms with E-state index in [4.69, 9.17) is 5.73 Å². The zero-order valence-corrected chi connectivity index (χ0v) is 11.0. The van der Waals surface area contributed by atoms with Crippen molar-refractivity contribution in [3.63, 3.8) is 0 Å². The molecule has 0 fully saturated rings. The molecular formula is C13H18F4N2. The van der Waals surface area contributed by atoms with Crippen LogP contribution in [0.2, 0.25) is 0 Å². The average Bonchev–Trinajstić information content (AvgIpc) is 2.35. The summed E-state index contributed by atoms with van der Waals surface area (Å²) in [4.78, 5) is 1.82. The number of nitrogens with two attached hydrogens (primary N) is 1. The Labute approximate surface area is 110 Å². The highest BCUT2D eigenvalue weighted by molar-refractivity contribution is 5.33. The summed E-state index contributed by atoms with van der Waals surface area (Å²) in [6.07, 6.45) is -4.59. The van der Waals surface area contributed by atoms with Crippen LogP contribution in [0.15, 0.2) is 18.2 Å². The van der Waals surface area contributed by atoms with Gasteiger partial charge >= 0.3 is 6.18 Å². The first-order chi connectivity index (χ1) is 8.85. The number of benzene rings is 1. The molecule has 1 aromatic rings. The van der Waals surface area contributed by atoms with Crippen molar-refractivity contribution in [1.82, 2.24) is 4.90 Å². The molecule has 0 saturated heterocycles. The van der Waals surface area contributed by atoms with Gasteiger partial charge in [0.2, 0.25) is 0 Å². The minimum absolute atomic E-state index is 0.0279. The molecule has 0 aromatic heterocycles. The molecule has 6 heteroatoms. The van der Waals surface area contributed by atoms with Gasteiger partial charge in [0.15, 0.2) is 0 Å². The summed E-state index contributed by atoms with van der Waals surface area (Å²) >= 11 is 0. The van der Waals surface area contributed by atoms with E-state index in [0.29, 0.717) is 19.2 Å². The maximum absolute atomic E-state index is 13.1. The van der Waals surface area contributed by atoms with Crippen LogP contribution in [0.1, 0.15) is 31.0 Å². The molecular weight excluding hydrogens is 260 g/mol. The Morgan fingerprint density at radius 1 is 1.21 bits per heavy atom. The standard InChI is InChI=1S/C13H18F4N2/c1-3-19(4-2)12(8-18)10-6-5-9(14)7-11(10)13(15,16)17/h5-7,12H,3-4,8,18H2,1-2H3. The van der Waals surface area contributed by atoms with Crippen LogP contribution in [-0.2, 0) is 6.18 Å². The quantitative estimate of drug-likeness (QED) is 0.838. The molecule has 108 valence electrons. The molecule has 1 aromatic carbocycles. The SMILES string of the molecule is CCN(CC)C(CN)c1ccc(F)cc1C(F)(F)F. The maximum Gasteiger partial charge on any atom is 0.416 e. The van der Waals surface area contributed by atoms with E-state index in [1.54, 1.807) is 0 Å². The Morgan fingerprint density at radius 2 is 1.79 bits per heavy atom. The highest BCUT2D eigenvalue weighted by atomic mass is 19.4. The van der Waals surface area contributed by atoms with Crippen LogP contribution >= 0.6 is 0 Å². The normalized spacial score (nSPS) is 13.9. The van der Waals surface area contributed by atoms with Crippen molar-refractivity contribution < 1.29 is 17.6 Å². The fourth-order valence-corrected chi connectivity index (χ4v) is 2.20. The predicted molar refractivity (Wildman–Crippen MR) is 66.1 cm³/mol. The number of nitrogens with zero attached hydrogens (tertiary/aromatic N) is 1. The van der Waals surface area contributed by atoms with Crippen LogP contribution in [-0.4, -0.2) is 24.5 Å². The molecule has 0 aliphatic heterocycles. The Bertz CT molecular complexity index is 414. The zero-order chi connectivity index (χ0) is 14.6. The number of likely N-dealkylation sites (N-methyl/N-ethyl adjacent to an activating group) is 1. The van der Waals surface area contributed by atoms with E-state index in [-0.39, 0.29) is 12.1 Å². The second kappa shape index (κ2) is 6.34. The molecule has 19 heavy (non-hydrogen) atoms. The summed E-state index contributed by atoms with van der Waals surface area (Å²) in [6, 6.07) is 2.18. The topological polar surface area (TPSA) is 29.3 Å². The van der Waals surface area contributed by atoms with Crippen LogP contribution in [0, 0.1) is 5.82 Å². The highest BCUT2D eigenvalue weighted by Gasteiger charge is 2.36. The highest BCUT2D eigenvalue weighted by Crippen LogP contribution is 2.36. The largest absolute Gasteiger partial charge is 0.416 e. The number of hydrogen-bond donors (Lipinski definition) is 1. The first-order valence-electron chi connectivity index (χ1n) is 6.15. The van der Waals surface area contributed by atoms with Crippen LogP contribution in [0.5, 0.6) is 0 Å². The molecule has 1 rings (SSSR count). The molecule has 2 nitrogen and oxygen atoms in total. The molecule has 0 amide bonds. The number of alkyl halides is 3. The fraction of sp³-hybridized carbons (Fsp3) is 0.538. The van der Waals surface area contributed by atoms with Crippen LogP contribution in [0.3, 0.4) is 0 Å². The summed E-state index contributed by atoms with van der Waals surface area (Å²) in [7, 11) is 0. The maximum atomic E-state index is 13.1. The van der Waals surface area contributed by atoms with Crippen LogP contribution in [0.25, 0.3) is 0 Å². The van der Waals surface area contributed by atoms with Gasteiger partial charge in [0, 0.05) is 12.6 Å². The van der Waals surface area contributed by atoms with Gasteiger partial charge in [-0.2, -0.15) is 13.2 Å². The van der Waals surface area contributed by atoms with Gasteiger partial charge in [0.25, 0.3) is 0 Å². The monoisotopic (exact) mass is 278 g/mol. The van der Waals surface area contributed by atoms with Crippen molar-refractivity contribution in [3.8, 4) is 0 Å². The van der Waals surface area contributed by atoms with E-state index >= 15 is 0 Å². The summed E-state index contributed by atoms with van der Waals surface area (Å²) in [6.45, 7) is 4.91. The van der Waals surface area contributed by atoms with Crippen molar-refractivity contribution in [2.45, 2.75) is 26.1 Å². The molecule has 0 saturated carbocycles. The first-order valence-corrected chi connectivity index (χ1v) is 6.15. The van der Waals surface area contributed by atoms with Gasteiger partial charge in [0.1, 0.15) is 5.82 Å². The first kappa shape index (κ1) is 15.9. The van der Waals surface area contributed by atoms with E-state index in [1.807, 2.05) is 18.7 Å². The lowest BCUT2D eigenvalue weighted by Gasteiger charge is -2.30. The van der Waals surface area contributed by atoms with E-state index in [2.05, 4.69) is 0 Å². The fourth-order valence-electron chi connectivity index (χ4n) is 2.20. The lowest BCUT2D eigenvalue weighted by molar-refractivity contribution is -0.139. The molecule has 0 aliphatic carbocycles. The summed E-state index contributed by atoms with van der Waals surface area (Å²) < 4.78 is 52.0. The molecule has 0 aliphatic rings. The van der Waals surface area contributed by atoms with Crippen molar-refractivity contribution in [2.24, 2.45) is 5.73 Å². The lowest BCUT2D eigenvalue weighted by atomic mass is 9.98. The zero-order valence-electron chi connectivity index (χ0n) is 11.0. The van der Waals surface area contributed by atoms with Crippen molar-refractivity contribution in [1.29, 1.82) is 0 Å².